The molecular formula is C15H28N2O2. The molecule has 0 aromatic carbocycles. The van der Waals surface area contributed by atoms with Crippen molar-refractivity contribution in [3.63, 3.8) is 0 Å². The van der Waals surface area contributed by atoms with Crippen LogP contribution in [-0.2, 0) is 9.53 Å². The van der Waals surface area contributed by atoms with Gasteiger partial charge >= 0.3 is 0 Å². The summed E-state index contributed by atoms with van der Waals surface area (Å²) in [6, 6.07) is 0. The number of nitrogens with one attached hydrogen (secondary N) is 1. The highest BCUT2D eigenvalue weighted by Gasteiger charge is 2.32. The number of hydrogen-bond donors (Lipinski definition) is 2. The predicted molar refractivity (Wildman–Crippen MR) is 75.8 cm³/mol. The quantitative estimate of drug-likeness (QED) is 0.774. The van der Waals surface area contributed by atoms with E-state index in [0.717, 1.165) is 45.3 Å². The molecule has 1 saturated carbocycles. The normalized spacial score (nSPS) is 26.3. The van der Waals surface area contributed by atoms with Crippen LogP contribution in [0.2, 0.25) is 0 Å². The SMILES string of the molecule is NCC1(CC(=O)NCCC2CCCO2)CCCCC1. The van der Waals surface area contributed by atoms with Crippen LogP contribution in [-0.4, -0.2) is 31.7 Å². The molecule has 2 fully saturated rings. The Morgan fingerprint density at radius 3 is 2.68 bits per heavy atom. The Hall–Kier alpha value is -0.610. The standard InChI is InChI=1S/C15H28N2O2/c16-12-15(7-2-1-3-8-15)11-14(18)17-9-6-13-5-4-10-19-13/h13H,1-12,16H2,(H,17,18). The Labute approximate surface area is 116 Å². The van der Waals surface area contributed by atoms with Gasteiger partial charge in [0.2, 0.25) is 5.91 Å². The summed E-state index contributed by atoms with van der Waals surface area (Å²) >= 11 is 0. The van der Waals surface area contributed by atoms with Crippen molar-refractivity contribution in [2.75, 3.05) is 19.7 Å². The molecular weight excluding hydrogens is 240 g/mol. The molecule has 110 valence electrons. The highest BCUT2D eigenvalue weighted by atomic mass is 16.5. The van der Waals surface area contributed by atoms with E-state index >= 15 is 0 Å². The molecule has 0 aromatic rings. The molecule has 0 radical (unpaired) electrons. The summed E-state index contributed by atoms with van der Waals surface area (Å²) < 4.78 is 5.55. The first-order chi connectivity index (χ1) is 9.24. The average Bonchev–Trinajstić information content (AvgIpc) is 2.93. The molecule has 4 nitrogen and oxygen atoms in total. The largest absolute Gasteiger partial charge is 0.378 e. The van der Waals surface area contributed by atoms with Gasteiger partial charge in [0.1, 0.15) is 0 Å². The lowest BCUT2D eigenvalue weighted by Crippen LogP contribution is -2.39. The van der Waals surface area contributed by atoms with Crippen molar-refractivity contribution in [3.05, 3.63) is 0 Å². The molecule has 1 unspecified atom stereocenters. The van der Waals surface area contributed by atoms with E-state index in [0.29, 0.717) is 19.1 Å². The van der Waals surface area contributed by atoms with Crippen LogP contribution in [0, 0.1) is 5.41 Å². The summed E-state index contributed by atoms with van der Waals surface area (Å²) in [6.07, 6.45) is 10.2. The minimum Gasteiger partial charge on any atom is -0.378 e. The van der Waals surface area contributed by atoms with E-state index in [9.17, 15) is 4.79 Å². The van der Waals surface area contributed by atoms with Crippen LogP contribution in [0.3, 0.4) is 0 Å². The van der Waals surface area contributed by atoms with Gasteiger partial charge < -0.3 is 15.8 Å². The van der Waals surface area contributed by atoms with Crippen molar-refractivity contribution in [1.29, 1.82) is 0 Å². The molecule has 2 rings (SSSR count). The van der Waals surface area contributed by atoms with E-state index in [1.165, 1.54) is 19.3 Å². The van der Waals surface area contributed by atoms with Crippen LogP contribution in [0.25, 0.3) is 0 Å². The van der Waals surface area contributed by atoms with Crippen molar-refractivity contribution in [1.82, 2.24) is 5.32 Å². The maximum absolute atomic E-state index is 12.0. The van der Waals surface area contributed by atoms with Gasteiger partial charge in [0.05, 0.1) is 6.10 Å². The fraction of sp³-hybridized carbons (Fsp3) is 0.933. The summed E-state index contributed by atoms with van der Waals surface area (Å²) in [5.74, 6) is 0.172. The predicted octanol–water partition coefficient (Wildman–Crippen LogP) is 1.97. The highest BCUT2D eigenvalue weighted by Crippen LogP contribution is 2.38. The molecule has 1 aliphatic carbocycles. The van der Waals surface area contributed by atoms with E-state index in [4.69, 9.17) is 10.5 Å². The van der Waals surface area contributed by atoms with Gasteiger partial charge in [-0.25, -0.2) is 0 Å². The molecule has 3 N–H and O–H groups in total. The Bertz CT molecular complexity index is 282. The smallest absolute Gasteiger partial charge is 0.220 e. The summed E-state index contributed by atoms with van der Waals surface area (Å²) in [4.78, 5) is 12.0. The highest BCUT2D eigenvalue weighted by molar-refractivity contribution is 5.76. The lowest BCUT2D eigenvalue weighted by Gasteiger charge is -2.35. The van der Waals surface area contributed by atoms with E-state index in [1.54, 1.807) is 0 Å². The molecule has 1 saturated heterocycles. The maximum Gasteiger partial charge on any atom is 0.220 e. The second-order valence-corrected chi connectivity index (χ2v) is 6.22. The third-order valence-corrected chi connectivity index (χ3v) is 4.70. The number of hydrogen-bond acceptors (Lipinski definition) is 3. The van der Waals surface area contributed by atoms with Crippen molar-refractivity contribution < 1.29 is 9.53 Å². The minimum atomic E-state index is 0.0756. The van der Waals surface area contributed by atoms with Gasteiger partial charge in [-0.2, -0.15) is 0 Å². The van der Waals surface area contributed by atoms with Gasteiger partial charge in [-0.05, 0) is 44.1 Å². The first-order valence-electron chi connectivity index (χ1n) is 7.82. The van der Waals surface area contributed by atoms with E-state index in [-0.39, 0.29) is 11.3 Å². The van der Waals surface area contributed by atoms with Crippen molar-refractivity contribution in [2.24, 2.45) is 11.1 Å². The van der Waals surface area contributed by atoms with E-state index in [1.807, 2.05) is 0 Å². The van der Waals surface area contributed by atoms with Crippen LogP contribution < -0.4 is 11.1 Å². The molecule has 19 heavy (non-hydrogen) atoms. The first-order valence-corrected chi connectivity index (χ1v) is 7.82. The summed E-state index contributed by atoms with van der Waals surface area (Å²) in [5.41, 5.74) is 5.99. The van der Waals surface area contributed by atoms with Crippen molar-refractivity contribution >= 4 is 5.91 Å². The molecule has 1 amide bonds. The molecule has 0 aromatic heterocycles. The topological polar surface area (TPSA) is 64.4 Å². The van der Waals surface area contributed by atoms with Crippen LogP contribution in [0.4, 0.5) is 0 Å². The lowest BCUT2D eigenvalue weighted by molar-refractivity contribution is -0.123. The van der Waals surface area contributed by atoms with Gasteiger partial charge in [-0.3, -0.25) is 4.79 Å². The molecule has 1 aliphatic heterocycles. The lowest BCUT2D eigenvalue weighted by atomic mass is 9.71. The zero-order valence-electron chi connectivity index (χ0n) is 12.0. The third-order valence-electron chi connectivity index (χ3n) is 4.70. The van der Waals surface area contributed by atoms with Gasteiger partial charge in [-0.15, -0.1) is 0 Å². The third kappa shape index (κ3) is 4.46. The fourth-order valence-corrected chi connectivity index (χ4v) is 3.40. The molecule has 2 aliphatic rings. The monoisotopic (exact) mass is 268 g/mol. The van der Waals surface area contributed by atoms with Crippen LogP contribution in [0.15, 0.2) is 0 Å². The van der Waals surface area contributed by atoms with E-state index in [2.05, 4.69) is 5.32 Å². The van der Waals surface area contributed by atoms with Gasteiger partial charge in [-0.1, -0.05) is 19.3 Å². The molecule has 1 atom stereocenters. The zero-order chi connectivity index (χ0) is 13.6. The molecule has 4 heteroatoms. The number of carbonyl (C=O) groups excluding carboxylic acids is 1. The number of nitrogens with two attached hydrogens (primary N) is 1. The Kier molecular flexibility index (Phi) is 5.64. The zero-order valence-corrected chi connectivity index (χ0v) is 12.0. The van der Waals surface area contributed by atoms with Gasteiger partial charge in [0, 0.05) is 19.6 Å². The first kappa shape index (κ1) is 14.8. The van der Waals surface area contributed by atoms with Crippen molar-refractivity contribution in [3.8, 4) is 0 Å². The maximum atomic E-state index is 12.0. The number of amides is 1. The van der Waals surface area contributed by atoms with Crippen LogP contribution in [0.5, 0.6) is 0 Å². The fourth-order valence-electron chi connectivity index (χ4n) is 3.40. The molecule has 1 heterocycles. The Morgan fingerprint density at radius 1 is 1.26 bits per heavy atom. The van der Waals surface area contributed by atoms with Gasteiger partial charge in [0.15, 0.2) is 0 Å². The number of rotatable bonds is 6. The number of ether oxygens (including phenoxy) is 1. The second kappa shape index (κ2) is 7.25. The second-order valence-electron chi connectivity index (χ2n) is 6.22. The number of carbonyl (C=O) groups is 1. The average molecular weight is 268 g/mol. The minimum absolute atomic E-state index is 0.0756. The van der Waals surface area contributed by atoms with Gasteiger partial charge in [0.25, 0.3) is 0 Å². The van der Waals surface area contributed by atoms with Crippen LogP contribution >= 0.6 is 0 Å². The Morgan fingerprint density at radius 2 is 2.05 bits per heavy atom. The van der Waals surface area contributed by atoms with E-state index < -0.39 is 0 Å². The summed E-state index contributed by atoms with van der Waals surface area (Å²) in [5, 5.41) is 3.04. The Balaban J connectivity index is 1.67. The van der Waals surface area contributed by atoms with Crippen LogP contribution in [0.1, 0.15) is 57.8 Å². The molecule has 0 bridgehead atoms. The van der Waals surface area contributed by atoms with Crippen molar-refractivity contribution in [2.45, 2.75) is 63.9 Å². The molecule has 0 spiro atoms. The summed E-state index contributed by atoms with van der Waals surface area (Å²) in [6.45, 7) is 2.27. The summed E-state index contributed by atoms with van der Waals surface area (Å²) in [7, 11) is 0.